The Labute approximate surface area is 196 Å². The molecule has 0 aliphatic carbocycles. The summed E-state index contributed by atoms with van der Waals surface area (Å²) in [5, 5.41) is 18.9. The maximum absolute atomic E-state index is 13.3. The number of ether oxygens (including phenoxy) is 1. The van der Waals surface area contributed by atoms with Crippen molar-refractivity contribution in [2.45, 2.75) is 58.7 Å². The van der Waals surface area contributed by atoms with Gasteiger partial charge < -0.3 is 14.7 Å². The van der Waals surface area contributed by atoms with Gasteiger partial charge in [0.15, 0.2) is 0 Å². The van der Waals surface area contributed by atoms with Crippen LogP contribution in [0, 0.1) is 0 Å². The lowest BCUT2D eigenvalue weighted by atomic mass is 9.93. The lowest BCUT2D eigenvalue weighted by Crippen LogP contribution is -2.44. The molecule has 7 heteroatoms. The van der Waals surface area contributed by atoms with Crippen LogP contribution >= 0.6 is 0 Å². The number of rotatable bonds is 6. The largest absolute Gasteiger partial charge is 0.489 e. The molecule has 2 unspecified atom stereocenters. The number of likely N-dealkylation sites (tertiary alicyclic amines) is 1. The SMILES string of the molecule is CC.CCC(C)(O)c1cccc(OC2CCCN(C(=O)c3ccccc3-n3nccn3)C2)c1. The number of nitrogens with zero attached hydrogens (tertiary/aromatic N) is 4. The number of piperidine rings is 1. The summed E-state index contributed by atoms with van der Waals surface area (Å²) in [5.41, 5.74) is 1.17. The van der Waals surface area contributed by atoms with Gasteiger partial charge in [0.1, 0.15) is 11.9 Å². The lowest BCUT2D eigenvalue weighted by Gasteiger charge is -2.33. The number of hydrogen-bond donors (Lipinski definition) is 1. The lowest BCUT2D eigenvalue weighted by molar-refractivity contribution is 0.0502. The third-order valence-corrected chi connectivity index (χ3v) is 5.88. The first-order chi connectivity index (χ1) is 16.0. The fraction of sp³-hybridized carbons (Fsp3) is 0.423. The molecule has 1 N–H and O–H groups in total. The zero-order chi connectivity index (χ0) is 23.8. The summed E-state index contributed by atoms with van der Waals surface area (Å²) in [7, 11) is 0. The smallest absolute Gasteiger partial charge is 0.256 e. The Kier molecular flexibility index (Phi) is 8.22. The molecule has 2 aromatic carbocycles. The Bertz CT molecular complexity index is 1030. The summed E-state index contributed by atoms with van der Waals surface area (Å²) >= 11 is 0. The van der Waals surface area contributed by atoms with Crippen LogP contribution in [0.5, 0.6) is 5.75 Å². The number of para-hydroxylation sites is 1. The van der Waals surface area contributed by atoms with E-state index in [1.165, 1.54) is 4.80 Å². The minimum absolute atomic E-state index is 0.0520. The maximum atomic E-state index is 13.3. The number of amides is 1. The molecule has 0 spiro atoms. The zero-order valence-corrected chi connectivity index (χ0v) is 19.9. The number of hydrogen-bond acceptors (Lipinski definition) is 5. The van der Waals surface area contributed by atoms with Crippen molar-refractivity contribution in [2.75, 3.05) is 13.1 Å². The first-order valence-corrected chi connectivity index (χ1v) is 11.7. The minimum atomic E-state index is -0.891. The molecule has 0 radical (unpaired) electrons. The highest BCUT2D eigenvalue weighted by Gasteiger charge is 2.28. The van der Waals surface area contributed by atoms with Crippen molar-refractivity contribution in [3.8, 4) is 11.4 Å². The Morgan fingerprint density at radius 2 is 1.88 bits per heavy atom. The maximum Gasteiger partial charge on any atom is 0.256 e. The number of carbonyl (C=O) groups excluding carboxylic acids is 1. The van der Waals surface area contributed by atoms with Crippen LogP contribution in [-0.4, -0.2) is 50.1 Å². The van der Waals surface area contributed by atoms with E-state index in [9.17, 15) is 9.90 Å². The topological polar surface area (TPSA) is 80.5 Å². The van der Waals surface area contributed by atoms with Crippen LogP contribution in [0.1, 0.15) is 62.9 Å². The predicted octanol–water partition coefficient (Wildman–Crippen LogP) is 4.59. The summed E-state index contributed by atoms with van der Waals surface area (Å²) in [6.45, 7) is 8.95. The second kappa shape index (κ2) is 11.1. The first kappa shape index (κ1) is 24.5. The molecule has 1 aromatic heterocycles. The van der Waals surface area contributed by atoms with Crippen molar-refractivity contribution in [1.82, 2.24) is 19.9 Å². The monoisotopic (exact) mass is 450 g/mol. The standard InChI is InChI=1S/C24H28N4O3.C2H6/c1-3-24(2,30)18-8-6-9-19(16-18)31-20-10-7-15-27(17-20)23(29)21-11-4-5-12-22(21)28-25-13-14-26-28;1-2/h4-6,8-9,11-14,16,20,30H,3,7,10,15,17H2,1-2H3;1-2H3. The molecule has 7 nitrogen and oxygen atoms in total. The van der Waals surface area contributed by atoms with Crippen LogP contribution < -0.4 is 4.74 Å². The summed E-state index contributed by atoms with van der Waals surface area (Å²) in [4.78, 5) is 16.6. The molecule has 2 atom stereocenters. The van der Waals surface area contributed by atoms with Gasteiger partial charge >= 0.3 is 0 Å². The number of carbonyl (C=O) groups is 1. The van der Waals surface area contributed by atoms with Crippen molar-refractivity contribution >= 4 is 5.91 Å². The van der Waals surface area contributed by atoms with Gasteiger partial charge in [0.05, 0.1) is 35.8 Å². The van der Waals surface area contributed by atoms with Crippen LogP contribution in [-0.2, 0) is 5.60 Å². The molecule has 0 saturated carbocycles. The molecule has 3 aromatic rings. The fourth-order valence-electron chi connectivity index (χ4n) is 3.86. The predicted molar refractivity (Wildman–Crippen MR) is 129 cm³/mol. The Balaban J connectivity index is 0.00000149. The minimum Gasteiger partial charge on any atom is -0.489 e. The molecule has 1 fully saturated rings. The molecule has 1 saturated heterocycles. The van der Waals surface area contributed by atoms with E-state index >= 15 is 0 Å². The van der Waals surface area contributed by atoms with Crippen LogP contribution in [0.15, 0.2) is 60.9 Å². The molecule has 2 heterocycles. The van der Waals surface area contributed by atoms with Crippen LogP contribution in [0.2, 0.25) is 0 Å². The number of benzene rings is 2. The van der Waals surface area contributed by atoms with E-state index < -0.39 is 5.60 Å². The fourth-order valence-corrected chi connectivity index (χ4v) is 3.86. The van der Waals surface area contributed by atoms with Gasteiger partial charge in [0, 0.05) is 6.54 Å². The molecule has 4 rings (SSSR count). The Morgan fingerprint density at radius 1 is 1.15 bits per heavy atom. The van der Waals surface area contributed by atoms with Crippen molar-refractivity contribution in [2.24, 2.45) is 0 Å². The average molecular weight is 451 g/mol. The van der Waals surface area contributed by atoms with Gasteiger partial charge in [0.25, 0.3) is 5.91 Å². The van der Waals surface area contributed by atoms with E-state index in [4.69, 9.17) is 4.74 Å². The van der Waals surface area contributed by atoms with E-state index in [0.29, 0.717) is 36.5 Å². The number of aromatic nitrogens is 3. The zero-order valence-electron chi connectivity index (χ0n) is 19.9. The van der Waals surface area contributed by atoms with E-state index in [1.807, 2.05) is 74.2 Å². The highest BCUT2D eigenvalue weighted by atomic mass is 16.5. The van der Waals surface area contributed by atoms with E-state index in [-0.39, 0.29) is 12.0 Å². The van der Waals surface area contributed by atoms with E-state index in [2.05, 4.69) is 10.2 Å². The second-order valence-corrected chi connectivity index (χ2v) is 8.12. The highest BCUT2D eigenvalue weighted by Crippen LogP contribution is 2.28. The Morgan fingerprint density at radius 3 is 2.61 bits per heavy atom. The normalized spacial score (nSPS) is 17.5. The molecular formula is C26H34N4O3. The van der Waals surface area contributed by atoms with Crippen molar-refractivity contribution in [3.05, 3.63) is 72.1 Å². The molecule has 0 bridgehead atoms. The molecule has 1 aliphatic heterocycles. The summed E-state index contributed by atoms with van der Waals surface area (Å²) < 4.78 is 6.22. The van der Waals surface area contributed by atoms with Crippen molar-refractivity contribution in [3.63, 3.8) is 0 Å². The summed E-state index contributed by atoms with van der Waals surface area (Å²) in [6.07, 6.45) is 5.44. The summed E-state index contributed by atoms with van der Waals surface area (Å²) in [5.74, 6) is 0.663. The van der Waals surface area contributed by atoms with Gasteiger partial charge in [-0.05, 0) is 56.0 Å². The summed E-state index contributed by atoms with van der Waals surface area (Å²) in [6, 6.07) is 15.0. The van der Waals surface area contributed by atoms with Crippen molar-refractivity contribution in [1.29, 1.82) is 0 Å². The Hall–Kier alpha value is -3.19. The first-order valence-electron chi connectivity index (χ1n) is 11.7. The quantitative estimate of drug-likeness (QED) is 0.594. The van der Waals surface area contributed by atoms with Gasteiger partial charge in [-0.3, -0.25) is 4.79 Å². The van der Waals surface area contributed by atoms with Gasteiger partial charge in [0.2, 0.25) is 0 Å². The van der Waals surface area contributed by atoms with Gasteiger partial charge in [-0.15, -0.1) is 0 Å². The molecular weight excluding hydrogens is 416 g/mol. The van der Waals surface area contributed by atoms with Crippen LogP contribution in [0.3, 0.4) is 0 Å². The highest BCUT2D eigenvalue weighted by molar-refractivity contribution is 5.97. The van der Waals surface area contributed by atoms with Gasteiger partial charge in [-0.25, -0.2) is 0 Å². The van der Waals surface area contributed by atoms with Crippen molar-refractivity contribution < 1.29 is 14.6 Å². The third kappa shape index (κ3) is 5.79. The average Bonchev–Trinajstić information content (AvgIpc) is 3.40. The molecule has 1 amide bonds. The van der Waals surface area contributed by atoms with Crippen LogP contribution in [0.4, 0.5) is 0 Å². The van der Waals surface area contributed by atoms with Gasteiger partial charge in [-0.2, -0.15) is 15.0 Å². The van der Waals surface area contributed by atoms with E-state index in [0.717, 1.165) is 18.4 Å². The molecule has 1 aliphatic rings. The van der Waals surface area contributed by atoms with E-state index in [1.54, 1.807) is 19.3 Å². The van der Waals surface area contributed by atoms with Crippen LogP contribution in [0.25, 0.3) is 5.69 Å². The van der Waals surface area contributed by atoms with Gasteiger partial charge in [-0.1, -0.05) is 45.0 Å². The number of aliphatic hydroxyl groups is 1. The molecule has 176 valence electrons. The third-order valence-electron chi connectivity index (χ3n) is 5.88. The second-order valence-electron chi connectivity index (χ2n) is 8.12. The molecule has 33 heavy (non-hydrogen) atoms.